The second-order valence-electron chi connectivity index (χ2n) is 4.44. The highest BCUT2D eigenvalue weighted by atomic mass is 35.5. The molecule has 0 bridgehead atoms. The van der Waals surface area contributed by atoms with Crippen molar-refractivity contribution in [3.05, 3.63) is 58.1 Å². The van der Waals surface area contributed by atoms with Gasteiger partial charge in [0, 0.05) is 27.8 Å². The topological polar surface area (TPSA) is 21.3 Å². The van der Waals surface area contributed by atoms with Gasteiger partial charge in [-0.25, -0.2) is 0 Å². The second-order valence-corrected chi connectivity index (χ2v) is 5.28. The molecule has 2 aromatic rings. The van der Waals surface area contributed by atoms with Gasteiger partial charge >= 0.3 is 6.61 Å². The van der Waals surface area contributed by atoms with Crippen molar-refractivity contribution in [1.29, 1.82) is 0 Å². The van der Waals surface area contributed by atoms with Gasteiger partial charge in [-0.3, -0.25) is 0 Å². The number of benzene rings is 2. The summed E-state index contributed by atoms with van der Waals surface area (Å²) in [7, 11) is 0. The molecular weight excluding hydrogens is 319 g/mol. The number of alkyl halides is 2. The summed E-state index contributed by atoms with van der Waals surface area (Å²) in [6.07, 6.45) is 0. The van der Waals surface area contributed by atoms with Crippen molar-refractivity contribution in [3.8, 4) is 5.75 Å². The van der Waals surface area contributed by atoms with E-state index in [1.165, 1.54) is 12.1 Å². The van der Waals surface area contributed by atoms with E-state index in [2.05, 4.69) is 10.1 Å². The second kappa shape index (κ2) is 6.96. The van der Waals surface area contributed by atoms with E-state index in [1.54, 1.807) is 24.3 Å². The van der Waals surface area contributed by atoms with E-state index in [0.717, 1.165) is 5.56 Å². The Balaban J connectivity index is 2.13. The highest BCUT2D eigenvalue weighted by Crippen LogP contribution is 2.29. The molecule has 2 nitrogen and oxygen atoms in total. The summed E-state index contributed by atoms with van der Waals surface area (Å²) in [6, 6.07) is 11.5. The molecule has 1 unspecified atom stereocenters. The van der Waals surface area contributed by atoms with Crippen LogP contribution >= 0.6 is 23.2 Å². The van der Waals surface area contributed by atoms with E-state index in [0.29, 0.717) is 15.7 Å². The summed E-state index contributed by atoms with van der Waals surface area (Å²) in [4.78, 5) is 0. The molecule has 0 heterocycles. The molecule has 2 aromatic carbocycles. The van der Waals surface area contributed by atoms with E-state index in [1.807, 2.05) is 13.0 Å². The van der Waals surface area contributed by atoms with Crippen molar-refractivity contribution in [3.63, 3.8) is 0 Å². The van der Waals surface area contributed by atoms with E-state index in [4.69, 9.17) is 23.2 Å². The maximum absolute atomic E-state index is 12.2. The lowest BCUT2D eigenvalue weighted by atomic mass is 10.1. The zero-order chi connectivity index (χ0) is 15.4. The van der Waals surface area contributed by atoms with E-state index < -0.39 is 6.61 Å². The minimum Gasteiger partial charge on any atom is -0.435 e. The van der Waals surface area contributed by atoms with Crippen LogP contribution in [0.4, 0.5) is 14.5 Å². The van der Waals surface area contributed by atoms with Gasteiger partial charge in [-0.2, -0.15) is 8.78 Å². The molecule has 21 heavy (non-hydrogen) atoms. The maximum Gasteiger partial charge on any atom is 0.387 e. The van der Waals surface area contributed by atoms with Gasteiger partial charge in [-0.1, -0.05) is 35.3 Å². The summed E-state index contributed by atoms with van der Waals surface area (Å²) in [6.45, 7) is -0.932. The Morgan fingerprint density at radius 1 is 1.10 bits per heavy atom. The smallest absolute Gasteiger partial charge is 0.387 e. The molecule has 1 N–H and O–H groups in total. The Hall–Kier alpha value is -1.52. The number of ether oxygens (including phenoxy) is 1. The van der Waals surface area contributed by atoms with Gasteiger partial charge in [0.05, 0.1) is 0 Å². The Bertz CT molecular complexity index is 622. The predicted octanol–water partition coefficient (Wildman–Crippen LogP) is 5.77. The monoisotopic (exact) mass is 331 g/mol. The summed E-state index contributed by atoms with van der Waals surface area (Å²) in [5.41, 5.74) is 1.52. The Labute approximate surface area is 131 Å². The van der Waals surface area contributed by atoms with Crippen molar-refractivity contribution in [2.75, 3.05) is 5.32 Å². The molecule has 0 aliphatic carbocycles. The molecule has 0 aromatic heterocycles. The van der Waals surface area contributed by atoms with Crippen molar-refractivity contribution in [1.82, 2.24) is 0 Å². The largest absolute Gasteiger partial charge is 0.435 e. The first-order valence-electron chi connectivity index (χ1n) is 6.22. The molecule has 0 fully saturated rings. The lowest BCUT2D eigenvalue weighted by molar-refractivity contribution is -0.0498. The van der Waals surface area contributed by atoms with Gasteiger partial charge in [0.1, 0.15) is 5.75 Å². The van der Waals surface area contributed by atoms with Gasteiger partial charge in [0.15, 0.2) is 0 Å². The molecule has 0 spiro atoms. The first-order valence-corrected chi connectivity index (χ1v) is 6.97. The minimum atomic E-state index is -2.84. The van der Waals surface area contributed by atoms with Gasteiger partial charge in [0.2, 0.25) is 0 Å². The first kappa shape index (κ1) is 15.9. The zero-order valence-corrected chi connectivity index (χ0v) is 12.6. The molecule has 6 heteroatoms. The number of nitrogens with one attached hydrogen (secondary N) is 1. The highest BCUT2D eigenvalue weighted by molar-refractivity contribution is 6.35. The molecule has 0 saturated heterocycles. The molecule has 0 aliphatic rings. The fraction of sp³-hybridized carbons (Fsp3) is 0.200. The van der Waals surface area contributed by atoms with Crippen LogP contribution < -0.4 is 10.1 Å². The lowest BCUT2D eigenvalue weighted by Crippen LogP contribution is -2.08. The van der Waals surface area contributed by atoms with Crippen LogP contribution in [0, 0.1) is 0 Å². The average Bonchev–Trinajstić information content (AvgIpc) is 2.37. The summed E-state index contributed by atoms with van der Waals surface area (Å²) in [5.74, 6) is 0.101. The number of halogens is 4. The Morgan fingerprint density at radius 2 is 1.86 bits per heavy atom. The van der Waals surface area contributed by atoms with Gasteiger partial charge in [-0.15, -0.1) is 0 Å². The Kier molecular flexibility index (Phi) is 5.26. The highest BCUT2D eigenvalue weighted by Gasteiger charge is 2.11. The Morgan fingerprint density at radius 3 is 2.52 bits per heavy atom. The molecule has 0 amide bonds. The minimum absolute atomic E-state index is 0.101. The van der Waals surface area contributed by atoms with Crippen LogP contribution in [0.15, 0.2) is 42.5 Å². The van der Waals surface area contributed by atoms with Gasteiger partial charge in [0.25, 0.3) is 0 Å². The van der Waals surface area contributed by atoms with Crippen LogP contribution in [0.1, 0.15) is 18.5 Å². The van der Waals surface area contributed by atoms with Crippen LogP contribution in [0.25, 0.3) is 0 Å². The third-order valence-electron chi connectivity index (χ3n) is 2.87. The molecule has 0 radical (unpaired) electrons. The third-order valence-corrected chi connectivity index (χ3v) is 3.43. The zero-order valence-electron chi connectivity index (χ0n) is 11.1. The quantitative estimate of drug-likeness (QED) is 0.751. The van der Waals surface area contributed by atoms with Crippen molar-refractivity contribution < 1.29 is 13.5 Å². The maximum atomic E-state index is 12.2. The van der Waals surface area contributed by atoms with Gasteiger partial charge in [-0.05, 0) is 36.8 Å². The number of anilines is 1. The third kappa shape index (κ3) is 4.48. The van der Waals surface area contributed by atoms with Crippen LogP contribution in [0.5, 0.6) is 5.75 Å². The lowest BCUT2D eigenvalue weighted by Gasteiger charge is -2.18. The normalized spacial score (nSPS) is 12.3. The average molecular weight is 332 g/mol. The van der Waals surface area contributed by atoms with E-state index >= 15 is 0 Å². The van der Waals surface area contributed by atoms with Crippen LogP contribution in [0.3, 0.4) is 0 Å². The predicted molar refractivity (Wildman–Crippen MR) is 81.6 cm³/mol. The molecule has 0 aliphatic heterocycles. The van der Waals surface area contributed by atoms with Crippen molar-refractivity contribution >= 4 is 28.9 Å². The summed E-state index contributed by atoms with van der Waals surface area (Å²) < 4.78 is 28.8. The van der Waals surface area contributed by atoms with E-state index in [9.17, 15) is 8.78 Å². The van der Waals surface area contributed by atoms with Crippen LogP contribution in [-0.2, 0) is 0 Å². The summed E-state index contributed by atoms with van der Waals surface area (Å²) in [5, 5.41) is 4.28. The number of hydrogen-bond donors (Lipinski definition) is 1. The molecule has 0 saturated carbocycles. The van der Waals surface area contributed by atoms with Crippen molar-refractivity contribution in [2.45, 2.75) is 19.6 Å². The first-order chi connectivity index (χ1) is 9.95. The molecule has 2 rings (SSSR count). The fourth-order valence-corrected chi connectivity index (χ4v) is 2.51. The van der Waals surface area contributed by atoms with Crippen LogP contribution in [0.2, 0.25) is 10.0 Å². The molecule has 112 valence electrons. The SMILES string of the molecule is CC(Nc1cccc(OC(F)F)c1)c1ccc(Cl)cc1Cl. The van der Waals surface area contributed by atoms with Crippen LogP contribution in [-0.4, -0.2) is 6.61 Å². The van der Waals surface area contributed by atoms with Gasteiger partial charge < -0.3 is 10.1 Å². The van der Waals surface area contributed by atoms with E-state index in [-0.39, 0.29) is 11.8 Å². The number of hydrogen-bond acceptors (Lipinski definition) is 2. The summed E-state index contributed by atoms with van der Waals surface area (Å²) >= 11 is 12.0. The standard InChI is InChI=1S/C15H13Cl2F2NO/c1-9(13-6-5-10(16)7-14(13)17)20-11-3-2-4-12(8-11)21-15(18)19/h2-9,15,20H,1H3. The molecule has 1 atom stereocenters. The molecular formula is C15H13Cl2F2NO. The fourth-order valence-electron chi connectivity index (χ4n) is 1.94. The van der Waals surface area contributed by atoms with Crippen molar-refractivity contribution in [2.24, 2.45) is 0 Å². The number of rotatable bonds is 5.